The molecule has 0 fully saturated rings. The summed E-state index contributed by atoms with van der Waals surface area (Å²) < 4.78 is 18.6. The van der Waals surface area contributed by atoms with Crippen LogP contribution < -0.4 is 10.1 Å². The minimum absolute atomic E-state index is 0.0459. The van der Waals surface area contributed by atoms with Crippen LogP contribution in [0.2, 0.25) is 5.02 Å². The third-order valence-corrected chi connectivity index (χ3v) is 4.06. The van der Waals surface area contributed by atoms with Crippen LogP contribution >= 0.6 is 11.6 Å². The van der Waals surface area contributed by atoms with Gasteiger partial charge in [0, 0.05) is 5.02 Å². The van der Waals surface area contributed by atoms with Crippen molar-refractivity contribution in [2.24, 2.45) is 0 Å². The molecule has 2 nitrogen and oxygen atoms in total. The summed E-state index contributed by atoms with van der Waals surface area (Å²) in [5.41, 5.74) is 4.17. The fourth-order valence-electron chi connectivity index (χ4n) is 2.47. The Labute approximate surface area is 129 Å². The Hall–Kier alpha value is -1.58. The van der Waals surface area contributed by atoms with E-state index in [1.54, 1.807) is 12.1 Å². The van der Waals surface area contributed by atoms with Crippen molar-refractivity contribution in [3.8, 4) is 5.75 Å². The second-order valence-corrected chi connectivity index (χ2v) is 5.48. The van der Waals surface area contributed by atoms with E-state index >= 15 is 0 Å². The van der Waals surface area contributed by atoms with E-state index in [4.69, 9.17) is 16.3 Å². The number of benzene rings is 2. The Balaban J connectivity index is 2.52. The van der Waals surface area contributed by atoms with Crippen molar-refractivity contribution >= 4 is 11.6 Å². The molecule has 21 heavy (non-hydrogen) atoms. The van der Waals surface area contributed by atoms with Gasteiger partial charge in [0.1, 0.15) is 0 Å². The van der Waals surface area contributed by atoms with Crippen LogP contribution in [0.1, 0.15) is 28.3 Å². The maximum absolute atomic E-state index is 13.6. The summed E-state index contributed by atoms with van der Waals surface area (Å²) in [4.78, 5) is 0. The Morgan fingerprint density at radius 1 is 1.14 bits per heavy atom. The van der Waals surface area contributed by atoms with Crippen molar-refractivity contribution in [1.82, 2.24) is 5.32 Å². The summed E-state index contributed by atoms with van der Waals surface area (Å²) in [6.07, 6.45) is 0. The molecule has 0 saturated heterocycles. The lowest BCUT2D eigenvalue weighted by Gasteiger charge is -2.21. The molecule has 0 saturated carbocycles. The van der Waals surface area contributed by atoms with Crippen molar-refractivity contribution in [3.63, 3.8) is 0 Å². The van der Waals surface area contributed by atoms with Gasteiger partial charge in [0.2, 0.25) is 0 Å². The maximum Gasteiger partial charge on any atom is 0.165 e. The molecule has 0 aromatic heterocycles. The highest BCUT2D eigenvalue weighted by Gasteiger charge is 2.17. The zero-order valence-corrected chi connectivity index (χ0v) is 13.4. The number of aryl methyl sites for hydroxylation is 2. The third-order valence-electron chi connectivity index (χ3n) is 3.66. The maximum atomic E-state index is 13.6. The Morgan fingerprint density at radius 2 is 1.86 bits per heavy atom. The summed E-state index contributed by atoms with van der Waals surface area (Å²) in [6.45, 7) is 4.00. The lowest BCUT2D eigenvalue weighted by Crippen LogP contribution is -2.19. The molecular formula is C17H19ClFNO. The largest absolute Gasteiger partial charge is 0.494 e. The number of rotatable bonds is 4. The molecule has 0 amide bonds. The first-order chi connectivity index (χ1) is 9.97. The number of nitrogens with one attached hydrogen (secondary N) is 1. The first-order valence-corrected chi connectivity index (χ1v) is 7.13. The first-order valence-electron chi connectivity index (χ1n) is 6.75. The van der Waals surface area contributed by atoms with Gasteiger partial charge >= 0.3 is 0 Å². The summed E-state index contributed by atoms with van der Waals surface area (Å²) in [6, 6.07) is 8.89. The van der Waals surface area contributed by atoms with Gasteiger partial charge in [0.25, 0.3) is 0 Å². The van der Waals surface area contributed by atoms with E-state index in [0.717, 1.165) is 27.3 Å². The van der Waals surface area contributed by atoms with E-state index in [2.05, 4.69) is 11.4 Å². The van der Waals surface area contributed by atoms with Crippen LogP contribution in [0.4, 0.5) is 4.39 Å². The molecule has 0 bridgehead atoms. The van der Waals surface area contributed by atoms with Gasteiger partial charge in [-0.25, -0.2) is 4.39 Å². The minimum Gasteiger partial charge on any atom is -0.494 e. The predicted molar refractivity (Wildman–Crippen MR) is 84.8 cm³/mol. The van der Waals surface area contributed by atoms with E-state index < -0.39 is 0 Å². The van der Waals surface area contributed by atoms with Crippen LogP contribution in [0, 0.1) is 19.7 Å². The van der Waals surface area contributed by atoms with Gasteiger partial charge in [-0.1, -0.05) is 23.7 Å². The van der Waals surface area contributed by atoms with Gasteiger partial charge in [-0.2, -0.15) is 0 Å². The molecule has 1 atom stereocenters. The number of ether oxygens (including phenoxy) is 1. The lowest BCUT2D eigenvalue weighted by molar-refractivity contribution is 0.385. The molecule has 1 unspecified atom stereocenters. The molecule has 0 aliphatic rings. The minimum atomic E-state index is -0.361. The quantitative estimate of drug-likeness (QED) is 0.903. The van der Waals surface area contributed by atoms with Crippen LogP contribution in [0.3, 0.4) is 0 Å². The van der Waals surface area contributed by atoms with Crippen molar-refractivity contribution in [2.75, 3.05) is 14.2 Å². The highest BCUT2D eigenvalue weighted by molar-refractivity contribution is 6.31. The van der Waals surface area contributed by atoms with Crippen LogP contribution in [-0.2, 0) is 0 Å². The van der Waals surface area contributed by atoms with Crippen LogP contribution in [0.25, 0.3) is 0 Å². The van der Waals surface area contributed by atoms with E-state index in [1.807, 2.05) is 27.0 Å². The standard InChI is InChI=1S/C17H19ClFNO/c1-10-8-14(18)11(2)7-13(10)17(20-3)12-5-6-15(19)16(9-12)21-4/h5-9,17,20H,1-4H3. The first kappa shape index (κ1) is 15.8. The Morgan fingerprint density at radius 3 is 2.48 bits per heavy atom. The molecule has 0 aliphatic heterocycles. The molecule has 0 heterocycles. The average molecular weight is 308 g/mol. The molecule has 2 rings (SSSR count). The summed E-state index contributed by atoms with van der Waals surface area (Å²) in [7, 11) is 3.35. The third kappa shape index (κ3) is 3.20. The van der Waals surface area contributed by atoms with Crippen molar-refractivity contribution < 1.29 is 9.13 Å². The Kier molecular flexibility index (Phi) is 4.86. The predicted octanol–water partition coefficient (Wildman–Crippen LogP) is 4.41. The Bertz CT molecular complexity index is 657. The molecule has 112 valence electrons. The van der Waals surface area contributed by atoms with Gasteiger partial charge in [0.15, 0.2) is 11.6 Å². The molecule has 2 aromatic carbocycles. The molecule has 4 heteroatoms. The summed E-state index contributed by atoms with van der Waals surface area (Å²) in [5.74, 6) is -0.115. The zero-order valence-electron chi connectivity index (χ0n) is 12.6. The van der Waals surface area contributed by atoms with Crippen LogP contribution in [-0.4, -0.2) is 14.2 Å². The van der Waals surface area contributed by atoms with Gasteiger partial charge in [0.05, 0.1) is 13.2 Å². The molecule has 0 aliphatic carbocycles. The molecular weight excluding hydrogens is 289 g/mol. The normalized spacial score (nSPS) is 12.3. The highest BCUT2D eigenvalue weighted by Crippen LogP contribution is 2.31. The molecule has 2 aromatic rings. The average Bonchev–Trinajstić information content (AvgIpc) is 2.46. The lowest BCUT2D eigenvalue weighted by atomic mass is 9.93. The summed E-state index contributed by atoms with van der Waals surface area (Å²) >= 11 is 6.16. The van der Waals surface area contributed by atoms with Gasteiger partial charge in [-0.3, -0.25) is 0 Å². The summed E-state index contributed by atoms with van der Waals surface area (Å²) in [5, 5.41) is 4.02. The SMILES string of the molecule is CNC(c1ccc(F)c(OC)c1)c1cc(C)c(Cl)cc1C. The van der Waals surface area contributed by atoms with E-state index in [0.29, 0.717) is 0 Å². The van der Waals surface area contributed by atoms with Crippen LogP contribution in [0.5, 0.6) is 5.75 Å². The topological polar surface area (TPSA) is 21.3 Å². The van der Waals surface area contributed by atoms with Crippen molar-refractivity contribution in [3.05, 3.63) is 63.4 Å². The molecule has 1 N–H and O–H groups in total. The second kappa shape index (κ2) is 6.46. The van der Waals surface area contributed by atoms with Crippen LogP contribution in [0.15, 0.2) is 30.3 Å². The molecule has 0 spiro atoms. The van der Waals surface area contributed by atoms with Gasteiger partial charge in [-0.05, 0) is 61.3 Å². The van der Waals surface area contributed by atoms with Gasteiger partial charge in [-0.15, -0.1) is 0 Å². The van der Waals surface area contributed by atoms with E-state index in [9.17, 15) is 4.39 Å². The van der Waals surface area contributed by atoms with E-state index in [-0.39, 0.29) is 17.6 Å². The molecule has 0 radical (unpaired) electrons. The fourth-order valence-corrected chi connectivity index (χ4v) is 2.69. The second-order valence-electron chi connectivity index (χ2n) is 5.07. The number of methoxy groups -OCH3 is 1. The van der Waals surface area contributed by atoms with Crippen molar-refractivity contribution in [1.29, 1.82) is 0 Å². The monoisotopic (exact) mass is 307 g/mol. The van der Waals surface area contributed by atoms with Gasteiger partial charge < -0.3 is 10.1 Å². The van der Waals surface area contributed by atoms with Crippen molar-refractivity contribution in [2.45, 2.75) is 19.9 Å². The number of halogens is 2. The zero-order chi connectivity index (χ0) is 15.6. The number of hydrogen-bond acceptors (Lipinski definition) is 2. The number of hydrogen-bond donors (Lipinski definition) is 1. The smallest absolute Gasteiger partial charge is 0.165 e. The van der Waals surface area contributed by atoms with E-state index in [1.165, 1.54) is 13.2 Å². The fraction of sp³-hybridized carbons (Fsp3) is 0.294. The highest BCUT2D eigenvalue weighted by atomic mass is 35.5.